The molecular formula is C36H47N7O5Si. The summed E-state index contributed by atoms with van der Waals surface area (Å²) in [6.45, 7) is 16.1. The lowest BCUT2D eigenvalue weighted by molar-refractivity contribution is -0.120. The number of aromatic amines is 2. The van der Waals surface area contributed by atoms with Crippen LogP contribution >= 0.6 is 0 Å². The van der Waals surface area contributed by atoms with Crippen LogP contribution in [0.15, 0.2) is 48.7 Å². The third-order valence-electron chi connectivity index (χ3n) is 8.78. The predicted octanol–water partition coefficient (Wildman–Crippen LogP) is 7.50. The monoisotopic (exact) mass is 685 g/mol. The molecule has 3 amide bonds. The molecule has 49 heavy (non-hydrogen) atoms. The number of nitrogens with one attached hydrogen (secondary N) is 3. The van der Waals surface area contributed by atoms with Crippen LogP contribution in [0.5, 0.6) is 0 Å². The molecule has 4 aromatic rings. The van der Waals surface area contributed by atoms with E-state index < -0.39 is 31.4 Å². The molecule has 2 aromatic carbocycles. The van der Waals surface area contributed by atoms with Crippen LogP contribution in [0, 0.1) is 0 Å². The Morgan fingerprint density at radius 1 is 0.898 bits per heavy atom. The van der Waals surface area contributed by atoms with Crippen molar-refractivity contribution >= 4 is 42.9 Å². The molecule has 0 spiro atoms. The summed E-state index contributed by atoms with van der Waals surface area (Å²) in [5.41, 5.74) is 3.39. The smallest absolute Gasteiger partial charge is 0.410 e. The number of rotatable bonds is 5. The average Bonchev–Trinajstić information content (AvgIpc) is 3.81. The second-order valence-corrected chi connectivity index (χ2v) is 21.0. The van der Waals surface area contributed by atoms with E-state index in [2.05, 4.69) is 33.6 Å². The van der Waals surface area contributed by atoms with E-state index in [0.717, 1.165) is 57.7 Å². The zero-order valence-corrected chi connectivity index (χ0v) is 30.6. The fourth-order valence-electron chi connectivity index (χ4n) is 6.59. The number of aromatic nitrogens is 4. The van der Waals surface area contributed by atoms with Gasteiger partial charge in [-0.05, 0) is 89.3 Å². The lowest BCUT2D eigenvalue weighted by atomic mass is 10.0. The maximum atomic E-state index is 13.3. The molecule has 0 unspecified atom stereocenters. The largest absolute Gasteiger partial charge is 0.444 e. The van der Waals surface area contributed by atoms with Crippen LogP contribution in [0.2, 0.25) is 19.1 Å². The van der Waals surface area contributed by atoms with Crippen LogP contribution in [0.3, 0.4) is 0 Å². The van der Waals surface area contributed by atoms with Gasteiger partial charge in [-0.3, -0.25) is 14.8 Å². The Kier molecular flexibility index (Phi) is 8.84. The summed E-state index contributed by atoms with van der Waals surface area (Å²) in [4.78, 5) is 50.7. The van der Waals surface area contributed by atoms with Gasteiger partial charge in [0, 0.05) is 18.1 Å². The molecule has 0 radical (unpaired) electrons. The van der Waals surface area contributed by atoms with Gasteiger partial charge in [0.05, 0.1) is 31.5 Å². The second kappa shape index (κ2) is 12.7. The summed E-state index contributed by atoms with van der Waals surface area (Å²) < 4.78 is 11.3. The van der Waals surface area contributed by atoms with Gasteiger partial charge in [0.15, 0.2) is 5.82 Å². The maximum absolute atomic E-state index is 13.3. The molecule has 0 aliphatic carbocycles. The van der Waals surface area contributed by atoms with Crippen molar-refractivity contribution in [3.63, 3.8) is 0 Å². The first-order valence-electron chi connectivity index (χ1n) is 16.9. The van der Waals surface area contributed by atoms with E-state index in [1.807, 2.05) is 95.1 Å². The number of H-pyrrole nitrogens is 2. The Balaban J connectivity index is 1.17. The number of hydrogen-bond acceptors (Lipinski definition) is 7. The van der Waals surface area contributed by atoms with Gasteiger partial charge in [0.1, 0.15) is 23.1 Å². The van der Waals surface area contributed by atoms with Gasteiger partial charge in [-0.2, -0.15) is 5.10 Å². The minimum atomic E-state index is -1.64. The molecule has 2 atom stereocenters. The topological polar surface area (TPSA) is 146 Å². The van der Waals surface area contributed by atoms with Gasteiger partial charge in [-0.15, -0.1) is 0 Å². The zero-order valence-electron chi connectivity index (χ0n) is 29.6. The molecule has 0 saturated carbocycles. The molecule has 2 aliphatic rings. The molecule has 12 nitrogen and oxygen atoms in total. The number of hydrogen-bond donors (Lipinski definition) is 3. The summed E-state index contributed by atoms with van der Waals surface area (Å²) in [6.07, 6.45) is 3.06. The lowest BCUT2D eigenvalue weighted by Crippen LogP contribution is -2.45. The van der Waals surface area contributed by atoms with Gasteiger partial charge in [0.2, 0.25) is 5.91 Å². The van der Waals surface area contributed by atoms with Crippen LogP contribution in [-0.2, 0) is 14.3 Å². The highest BCUT2D eigenvalue weighted by Gasteiger charge is 2.45. The number of fused-ring (bicyclic) bond motifs is 1. The van der Waals surface area contributed by atoms with Gasteiger partial charge in [0.25, 0.3) is 0 Å². The van der Waals surface area contributed by atoms with E-state index in [1.165, 1.54) is 4.90 Å². The van der Waals surface area contributed by atoms with Crippen molar-refractivity contribution in [2.24, 2.45) is 0 Å². The molecule has 260 valence electrons. The van der Waals surface area contributed by atoms with Crippen LogP contribution in [-0.4, -0.2) is 86.1 Å². The van der Waals surface area contributed by atoms with Crippen molar-refractivity contribution in [2.75, 3.05) is 18.0 Å². The van der Waals surface area contributed by atoms with Crippen molar-refractivity contribution in [1.82, 2.24) is 30.0 Å². The van der Waals surface area contributed by atoms with E-state index in [4.69, 9.17) is 14.5 Å². The fourth-order valence-corrected chi connectivity index (χ4v) is 9.45. The average molecular weight is 686 g/mol. The summed E-state index contributed by atoms with van der Waals surface area (Å²) in [5.74, 6) is 0.899. The highest BCUT2D eigenvalue weighted by molar-refractivity contribution is 6.78. The molecular weight excluding hydrogens is 639 g/mol. The molecule has 0 bridgehead atoms. The highest BCUT2D eigenvalue weighted by atomic mass is 28.3. The lowest BCUT2D eigenvalue weighted by Gasteiger charge is -2.28. The molecule has 2 aliphatic heterocycles. The summed E-state index contributed by atoms with van der Waals surface area (Å²) >= 11 is 0. The second-order valence-electron chi connectivity index (χ2n) is 15.9. The highest BCUT2D eigenvalue weighted by Crippen LogP contribution is 2.38. The number of likely N-dealkylation sites (tertiary alicyclic amines) is 1. The number of amides is 3. The number of ether oxygens (including phenoxy) is 2. The molecule has 3 N–H and O–H groups in total. The van der Waals surface area contributed by atoms with Crippen LogP contribution in [0.25, 0.3) is 33.3 Å². The Bertz CT molecular complexity index is 1870. The number of imidazole rings is 1. The van der Waals surface area contributed by atoms with Gasteiger partial charge in [-0.25, -0.2) is 14.6 Å². The van der Waals surface area contributed by atoms with E-state index in [0.29, 0.717) is 18.8 Å². The van der Waals surface area contributed by atoms with Crippen molar-refractivity contribution in [2.45, 2.75) is 96.8 Å². The van der Waals surface area contributed by atoms with E-state index >= 15 is 0 Å². The van der Waals surface area contributed by atoms with Gasteiger partial charge in [-0.1, -0.05) is 43.4 Å². The SMILES string of the molecule is CC(C)(C)OC(=O)N1CCC[C@H]1C(=O)Nc1n[nH]c2ccc(-c3ccc(-c4cnc([C@@H]5C[Si](C)(C)CN5C(=O)OC(C)(C)C)[nH]4)cc3)cc12. The number of carbonyl (C=O) groups is 3. The first kappa shape index (κ1) is 34.2. The Morgan fingerprint density at radius 2 is 1.53 bits per heavy atom. The number of carbonyl (C=O) groups excluding carboxylic acids is 3. The zero-order chi connectivity index (χ0) is 35.3. The predicted molar refractivity (Wildman–Crippen MR) is 192 cm³/mol. The van der Waals surface area contributed by atoms with E-state index in [9.17, 15) is 14.4 Å². The molecule has 2 saturated heterocycles. The molecule has 2 aromatic heterocycles. The summed E-state index contributed by atoms with van der Waals surface area (Å²) in [7, 11) is -1.64. The minimum absolute atomic E-state index is 0.144. The number of anilines is 1. The third-order valence-corrected chi connectivity index (χ3v) is 11.5. The molecule has 4 heterocycles. The van der Waals surface area contributed by atoms with Crippen molar-refractivity contribution in [1.29, 1.82) is 0 Å². The Morgan fingerprint density at radius 3 is 2.20 bits per heavy atom. The number of benzene rings is 2. The fraction of sp³-hybridized carbons (Fsp3) is 0.472. The normalized spacial score (nSPS) is 19.3. The molecule has 2 fully saturated rings. The summed E-state index contributed by atoms with van der Waals surface area (Å²) in [6, 6.07) is 14.3. The first-order valence-corrected chi connectivity index (χ1v) is 20.3. The van der Waals surface area contributed by atoms with Crippen molar-refractivity contribution in [3.05, 3.63) is 54.5 Å². The summed E-state index contributed by atoms with van der Waals surface area (Å²) in [5, 5.41) is 11.1. The van der Waals surface area contributed by atoms with Crippen LogP contribution in [0.4, 0.5) is 15.4 Å². The minimum Gasteiger partial charge on any atom is -0.444 e. The van der Waals surface area contributed by atoms with Gasteiger partial charge < -0.3 is 24.7 Å². The van der Waals surface area contributed by atoms with Crippen molar-refractivity contribution < 1.29 is 23.9 Å². The van der Waals surface area contributed by atoms with Crippen LogP contribution < -0.4 is 5.32 Å². The Labute approximate surface area is 288 Å². The molecule has 13 heteroatoms. The van der Waals surface area contributed by atoms with E-state index in [1.54, 1.807) is 0 Å². The van der Waals surface area contributed by atoms with Crippen molar-refractivity contribution in [3.8, 4) is 22.4 Å². The standard InChI is InChI=1S/C36H47N7O5Si/c1-35(2,3)47-33(45)42-17-9-10-28(42)32(44)39-30-25-18-24(15-16-26(25)40-41-30)22-11-13-23(14-12-22)27-19-37-31(38-27)29-20-49(7,8)21-43(29)34(46)48-36(4,5)6/h11-16,18-19,28-29H,9-10,17,20-21H2,1-8H3,(H,37,38)(H2,39,40,41,44)/t28-,29-/m0/s1. The first-order chi connectivity index (χ1) is 23.0. The third kappa shape index (κ3) is 7.66. The number of nitrogens with zero attached hydrogens (tertiary/aromatic N) is 4. The van der Waals surface area contributed by atoms with Gasteiger partial charge >= 0.3 is 12.2 Å². The molecule has 6 rings (SSSR count). The van der Waals surface area contributed by atoms with E-state index in [-0.39, 0.29) is 18.0 Å². The Hall–Kier alpha value is -4.65. The maximum Gasteiger partial charge on any atom is 0.410 e. The van der Waals surface area contributed by atoms with Crippen LogP contribution in [0.1, 0.15) is 66.3 Å². The quantitative estimate of drug-likeness (QED) is 0.185.